The van der Waals surface area contributed by atoms with E-state index >= 15 is 0 Å². The van der Waals surface area contributed by atoms with Gasteiger partial charge in [-0.25, -0.2) is 14.0 Å². The number of furan rings is 1. The van der Waals surface area contributed by atoms with Crippen LogP contribution in [0.25, 0.3) is 33.4 Å². The molecule has 0 N–H and O–H groups in total. The van der Waals surface area contributed by atoms with E-state index in [1.165, 1.54) is 12.1 Å². The fraction of sp³-hybridized carbons (Fsp3) is 0.185. The number of carbonyl (C=O) groups excluding carboxylic acids is 2. The van der Waals surface area contributed by atoms with E-state index in [1.807, 2.05) is 43.3 Å². The summed E-state index contributed by atoms with van der Waals surface area (Å²) in [6, 6.07) is 18.7. The molecule has 0 unspecified atom stereocenters. The van der Waals surface area contributed by atoms with Crippen molar-refractivity contribution in [1.29, 1.82) is 0 Å². The molecule has 1 fully saturated rings. The van der Waals surface area contributed by atoms with Gasteiger partial charge in [-0.05, 0) is 49.7 Å². The molecule has 0 saturated carbocycles. The first kappa shape index (κ1) is 21.7. The molecule has 1 aliphatic heterocycles. The number of hydrogen-bond donors (Lipinski definition) is 0. The molecule has 3 aromatic carbocycles. The summed E-state index contributed by atoms with van der Waals surface area (Å²) < 4.78 is 30.3. The molecule has 6 nitrogen and oxygen atoms in total. The van der Waals surface area contributed by atoms with E-state index in [0.29, 0.717) is 22.2 Å². The molecule has 0 radical (unpaired) electrons. The second kappa shape index (κ2) is 8.67. The minimum Gasteiger partial charge on any atom is -0.462 e. The SMILES string of the molecule is CCOC(=O)c1c(-c2ccc(F)cc2)oc2cc(N3C(=O)OC[C@@H]3C)c(-c3ccccc3)cc12. The predicted molar refractivity (Wildman–Crippen MR) is 126 cm³/mol. The third-order valence-corrected chi connectivity index (χ3v) is 5.82. The number of rotatable bonds is 5. The lowest BCUT2D eigenvalue weighted by Gasteiger charge is -2.22. The van der Waals surface area contributed by atoms with Crippen molar-refractivity contribution in [2.24, 2.45) is 0 Å². The number of ether oxygens (including phenoxy) is 2. The average Bonchev–Trinajstić information content (AvgIpc) is 3.38. The Labute approximate surface area is 195 Å². The van der Waals surface area contributed by atoms with Crippen LogP contribution >= 0.6 is 0 Å². The van der Waals surface area contributed by atoms with E-state index in [2.05, 4.69) is 0 Å². The summed E-state index contributed by atoms with van der Waals surface area (Å²) in [6.07, 6.45) is -0.444. The van der Waals surface area contributed by atoms with Crippen molar-refractivity contribution in [3.8, 4) is 22.5 Å². The van der Waals surface area contributed by atoms with E-state index in [-0.39, 0.29) is 30.6 Å². The van der Waals surface area contributed by atoms with E-state index in [0.717, 1.165) is 11.1 Å². The van der Waals surface area contributed by atoms with Crippen LogP contribution in [0, 0.1) is 5.82 Å². The zero-order chi connectivity index (χ0) is 23.8. The molecule has 1 amide bonds. The van der Waals surface area contributed by atoms with E-state index in [9.17, 15) is 14.0 Å². The van der Waals surface area contributed by atoms with Gasteiger partial charge in [0.15, 0.2) is 0 Å². The number of esters is 1. The molecule has 4 aromatic rings. The molecule has 7 heteroatoms. The molecular formula is C27H22FNO5. The molecule has 0 bridgehead atoms. The Kier molecular flexibility index (Phi) is 5.53. The zero-order valence-electron chi connectivity index (χ0n) is 18.7. The summed E-state index contributed by atoms with van der Waals surface area (Å²) in [5.74, 6) is -0.657. The van der Waals surface area contributed by atoms with Gasteiger partial charge >= 0.3 is 12.1 Å². The Balaban J connectivity index is 1.81. The maximum absolute atomic E-state index is 13.6. The molecule has 1 atom stereocenters. The minimum atomic E-state index is -0.540. The molecule has 172 valence electrons. The first-order chi connectivity index (χ1) is 16.5. The number of benzene rings is 3. The second-order valence-corrected chi connectivity index (χ2v) is 8.06. The number of fused-ring (bicyclic) bond motifs is 1. The van der Waals surface area contributed by atoms with Gasteiger partial charge in [0, 0.05) is 22.6 Å². The summed E-state index contributed by atoms with van der Waals surface area (Å²) in [5, 5.41) is 0.542. The van der Waals surface area contributed by atoms with Gasteiger partial charge in [-0.2, -0.15) is 0 Å². The molecule has 1 aromatic heterocycles. The van der Waals surface area contributed by atoms with E-state index < -0.39 is 17.9 Å². The predicted octanol–water partition coefficient (Wildman–Crippen LogP) is 6.43. The summed E-state index contributed by atoms with van der Waals surface area (Å²) in [5.41, 5.74) is 3.43. The maximum Gasteiger partial charge on any atom is 0.414 e. The lowest BCUT2D eigenvalue weighted by Crippen LogP contribution is -2.31. The highest BCUT2D eigenvalue weighted by Gasteiger charge is 2.34. The first-order valence-corrected chi connectivity index (χ1v) is 11.0. The van der Waals surface area contributed by atoms with Gasteiger partial charge in [0.2, 0.25) is 0 Å². The van der Waals surface area contributed by atoms with Gasteiger partial charge in [0.1, 0.15) is 29.3 Å². The fourth-order valence-electron chi connectivity index (χ4n) is 4.24. The van der Waals surface area contributed by atoms with Crippen LogP contribution in [0.3, 0.4) is 0 Å². The fourth-order valence-corrected chi connectivity index (χ4v) is 4.24. The minimum absolute atomic E-state index is 0.177. The van der Waals surface area contributed by atoms with Gasteiger partial charge in [0.25, 0.3) is 0 Å². The number of carbonyl (C=O) groups is 2. The highest BCUT2D eigenvalue weighted by Crippen LogP contribution is 2.42. The lowest BCUT2D eigenvalue weighted by atomic mass is 9.98. The Bertz CT molecular complexity index is 1380. The van der Waals surface area contributed by atoms with Crippen LogP contribution in [0.4, 0.5) is 14.9 Å². The van der Waals surface area contributed by atoms with Crippen LogP contribution in [0.1, 0.15) is 24.2 Å². The molecule has 5 rings (SSSR count). The van der Waals surface area contributed by atoms with Crippen molar-refractivity contribution in [3.63, 3.8) is 0 Å². The van der Waals surface area contributed by atoms with Gasteiger partial charge in [-0.15, -0.1) is 0 Å². The van der Waals surface area contributed by atoms with Crippen LogP contribution in [0.5, 0.6) is 0 Å². The molecule has 2 heterocycles. The second-order valence-electron chi connectivity index (χ2n) is 8.06. The maximum atomic E-state index is 13.6. The third kappa shape index (κ3) is 3.69. The number of cyclic esters (lactones) is 1. The van der Waals surface area contributed by atoms with Crippen molar-refractivity contribution in [1.82, 2.24) is 0 Å². The standard InChI is InChI=1S/C27H22FNO5/c1-3-32-26(30)24-21-13-20(17-7-5-4-6-8-17)22(29-16(2)15-33-27(29)31)14-23(21)34-25(24)18-9-11-19(28)12-10-18/h4-14,16H,3,15H2,1-2H3/t16-/m0/s1. The van der Waals surface area contributed by atoms with E-state index in [1.54, 1.807) is 30.0 Å². The summed E-state index contributed by atoms with van der Waals surface area (Å²) >= 11 is 0. The van der Waals surface area contributed by atoms with Gasteiger partial charge in [-0.1, -0.05) is 30.3 Å². The number of anilines is 1. The molecule has 0 spiro atoms. The molecule has 1 aliphatic rings. The van der Waals surface area contributed by atoms with Gasteiger partial charge in [-0.3, -0.25) is 4.90 Å². The monoisotopic (exact) mass is 459 g/mol. The highest BCUT2D eigenvalue weighted by atomic mass is 19.1. The Morgan fingerprint density at radius 3 is 2.47 bits per heavy atom. The molecule has 1 saturated heterocycles. The van der Waals surface area contributed by atoms with Crippen LogP contribution in [-0.2, 0) is 9.47 Å². The normalized spacial score (nSPS) is 15.6. The largest absolute Gasteiger partial charge is 0.462 e. The van der Waals surface area contributed by atoms with Crippen molar-refractivity contribution >= 4 is 28.7 Å². The molecule has 34 heavy (non-hydrogen) atoms. The van der Waals surface area contributed by atoms with Crippen molar-refractivity contribution in [2.75, 3.05) is 18.1 Å². The van der Waals surface area contributed by atoms with Gasteiger partial charge in [0.05, 0.1) is 18.3 Å². The van der Waals surface area contributed by atoms with E-state index in [4.69, 9.17) is 13.9 Å². The number of hydrogen-bond acceptors (Lipinski definition) is 5. The molecule has 0 aliphatic carbocycles. The quantitative estimate of drug-likeness (QED) is 0.322. The zero-order valence-corrected chi connectivity index (χ0v) is 18.7. The van der Waals surface area contributed by atoms with Crippen molar-refractivity contribution in [3.05, 3.63) is 78.1 Å². The van der Waals surface area contributed by atoms with Crippen molar-refractivity contribution in [2.45, 2.75) is 19.9 Å². The lowest BCUT2D eigenvalue weighted by molar-refractivity contribution is 0.0528. The van der Waals surface area contributed by atoms with Crippen LogP contribution in [0.15, 0.2) is 71.1 Å². The third-order valence-electron chi connectivity index (χ3n) is 5.82. The number of amides is 1. The smallest absolute Gasteiger partial charge is 0.414 e. The first-order valence-electron chi connectivity index (χ1n) is 11.0. The van der Waals surface area contributed by atoms with Crippen LogP contribution in [-0.4, -0.2) is 31.3 Å². The van der Waals surface area contributed by atoms with Crippen molar-refractivity contribution < 1.29 is 27.9 Å². The average molecular weight is 459 g/mol. The number of nitrogens with zero attached hydrogens (tertiary/aromatic N) is 1. The summed E-state index contributed by atoms with van der Waals surface area (Å²) in [4.78, 5) is 27.2. The summed E-state index contributed by atoms with van der Waals surface area (Å²) in [7, 11) is 0. The van der Waals surface area contributed by atoms with Gasteiger partial charge < -0.3 is 13.9 Å². The Morgan fingerprint density at radius 1 is 1.09 bits per heavy atom. The Hall–Kier alpha value is -4.13. The molecular weight excluding hydrogens is 437 g/mol. The van der Waals surface area contributed by atoms with Crippen LogP contribution in [0.2, 0.25) is 0 Å². The Morgan fingerprint density at radius 2 is 1.82 bits per heavy atom. The number of halogens is 1. The topological polar surface area (TPSA) is 69.0 Å². The highest BCUT2D eigenvalue weighted by molar-refractivity contribution is 6.12. The summed E-state index contributed by atoms with van der Waals surface area (Å²) in [6.45, 7) is 4.10. The van der Waals surface area contributed by atoms with Crippen LogP contribution < -0.4 is 4.90 Å².